The van der Waals surface area contributed by atoms with Crippen LogP contribution in [-0.2, 0) is 21.2 Å². The molecule has 2 heterocycles. The summed E-state index contributed by atoms with van der Waals surface area (Å²) in [6, 6.07) is 7.88. The van der Waals surface area contributed by atoms with Crippen LogP contribution in [0.25, 0.3) is 0 Å². The van der Waals surface area contributed by atoms with Gasteiger partial charge in [-0.1, -0.05) is 36.2 Å². The second kappa shape index (κ2) is 8.71. The highest BCUT2D eigenvalue weighted by Gasteiger charge is 2.38. The Balaban J connectivity index is 1.50. The molecule has 27 heavy (non-hydrogen) atoms. The Labute approximate surface area is 163 Å². The molecule has 0 saturated carbocycles. The summed E-state index contributed by atoms with van der Waals surface area (Å²) in [5.74, 6) is 0.0691. The van der Waals surface area contributed by atoms with Crippen molar-refractivity contribution in [2.24, 2.45) is 0 Å². The molecule has 0 spiro atoms. The largest absolute Gasteiger partial charge is 0.339 e. The fourth-order valence-electron chi connectivity index (χ4n) is 3.88. The fourth-order valence-corrected chi connectivity index (χ4v) is 4.96. The Hall–Kier alpha value is -1.44. The highest BCUT2D eigenvalue weighted by molar-refractivity contribution is 7.88. The van der Waals surface area contributed by atoms with E-state index in [2.05, 4.69) is 4.90 Å². The van der Waals surface area contributed by atoms with Gasteiger partial charge >= 0.3 is 0 Å². The van der Waals surface area contributed by atoms with Gasteiger partial charge in [0, 0.05) is 26.2 Å². The maximum atomic E-state index is 12.5. The summed E-state index contributed by atoms with van der Waals surface area (Å²) in [5, 5.41) is 0. The van der Waals surface area contributed by atoms with Gasteiger partial charge in [0.25, 0.3) is 0 Å². The summed E-state index contributed by atoms with van der Waals surface area (Å²) in [6.07, 6.45) is 5.32. The van der Waals surface area contributed by atoms with Crippen LogP contribution >= 0.6 is 0 Å². The highest BCUT2D eigenvalue weighted by atomic mass is 32.2. The molecule has 7 heteroatoms. The summed E-state index contributed by atoms with van der Waals surface area (Å²) in [5.41, 5.74) is 2.17. The van der Waals surface area contributed by atoms with Crippen LogP contribution in [0, 0.1) is 6.92 Å². The fraction of sp³-hybridized carbons (Fsp3) is 0.650. The average molecular weight is 394 g/mol. The first kappa shape index (κ1) is 20.3. The second-order valence-electron chi connectivity index (χ2n) is 7.89. The van der Waals surface area contributed by atoms with Gasteiger partial charge in [-0.15, -0.1) is 0 Å². The van der Waals surface area contributed by atoms with E-state index in [0.717, 1.165) is 25.2 Å². The molecule has 0 atom stereocenters. The third-order valence-corrected chi connectivity index (χ3v) is 6.94. The second-order valence-corrected chi connectivity index (χ2v) is 9.83. The Kier molecular flexibility index (Phi) is 6.55. The minimum Gasteiger partial charge on any atom is -0.339 e. The van der Waals surface area contributed by atoms with Crippen molar-refractivity contribution in [3.63, 3.8) is 0 Å². The first-order valence-corrected chi connectivity index (χ1v) is 11.7. The molecule has 150 valence electrons. The van der Waals surface area contributed by atoms with E-state index in [1.54, 1.807) is 9.21 Å². The molecule has 1 amide bonds. The van der Waals surface area contributed by atoms with Crippen molar-refractivity contribution in [1.29, 1.82) is 0 Å². The number of hydrogen-bond donors (Lipinski definition) is 0. The minimum atomic E-state index is -3.27. The van der Waals surface area contributed by atoms with Gasteiger partial charge in [-0.05, 0) is 38.4 Å². The van der Waals surface area contributed by atoms with Crippen molar-refractivity contribution in [3.05, 3.63) is 35.4 Å². The number of sulfonamides is 1. The van der Waals surface area contributed by atoms with E-state index in [1.165, 1.54) is 31.1 Å². The molecule has 0 bridgehead atoms. The molecular weight excluding hydrogens is 362 g/mol. The third kappa shape index (κ3) is 5.53. The molecule has 1 aromatic carbocycles. The average Bonchev–Trinajstić information content (AvgIpc) is 2.58. The highest BCUT2D eigenvalue weighted by Crippen LogP contribution is 2.20. The number of nitrogens with zero attached hydrogens (tertiary/aromatic N) is 3. The number of hydrogen-bond acceptors (Lipinski definition) is 4. The molecule has 2 aliphatic heterocycles. The van der Waals surface area contributed by atoms with Gasteiger partial charge in [0.1, 0.15) is 0 Å². The van der Waals surface area contributed by atoms with Gasteiger partial charge in [-0.3, -0.25) is 4.79 Å². The molecule has 1 aromatic rings. The Morgan fingerprint density at radius 1 is 1.11 bits per heavy atom. The number of aryl methyl sites for hydroxylation is 1. The van der Waals surface area contributed by atoms with E-state index in [-0.39, 0.29) is 11.9 Å². The molecule has 3 rings (SSSR count). The number of benzene rings is 1. The molecular formula is C20H31N3O3S. The number of carbonyl (C=O) groups is 1. The number of carbonyl (C=O) groups excluding carboxylic acids is 1. The summed E-state index contributed by atoms with van der Waals surface area (Å²) in [6.45, 7) is 6.43. The lowest BCUT2D eigenvalue weighted by molar-refractivity contribution is -0.136. The minimum absolute atomic E-state index is 0.0691. The van der Waals surface area contributed by atoms with Gasteiger partial charge in [0.2, 0.25) is 15.9 Å². The molecule has 0 N–H and O–H groups in total. The van der Waals surface area contributed by atoms with E-state index in [1.807, 2.05) is 31.2 Å². The van der Waals surface area contributed by atoms with Crippen LogP contribution in [0.5, 0.6) is 0 Å². The van der Waals surface area contributed by atoms with Crippen molar-refractivity contribution >= 4 is 15.9 Å². The van der Waals surface area contributed by atoms with Gasteiger partial charge in [-0.25, -0.2) is 8.42 Å². The molecule has 0 aliphatic carbocycles. The topological polar surface area (TPSA) is 60.9 Å². The SMILES string of the molecule is Cc1ccc(CC(=O)N2CC(N(CCN3CCCCC3)S(C)(=O)=O)C2)cc1. The monoisotopic (exact) mass is 393 g/mol. The first-order chi connectivity index (χ1) is 12.8. The molecule has 6 nitrogen and oxygen atoms in total. The van der Waals surface area contributed by atoms with Crippen LogP contribution in [0.1, 0.15) is 30.4 Å². The zero-order valence-electron chi connectivity index (χ0n) is 16.4. The van der Waals surface area contributed by atoms with Crippen LogP contribution in [0.15, 0.2) is 24.3 Å². The predicted molar refractivity (Wildman–Crippen MR) is 107 cm³/mol. The standard InChI is InChI=1S/C20H31N3O3S/c1-17-6-8-18(9-7-17)14-20(24)22-15-19(16-22)23(27(2,25)26)13-12-21-10-4-3-5-11-21/h6-9,19H,3-5,10-16H2,1-2H3. The predicted octanol–water partition coefficient (Wildman–Crippen LogP) is 1.50. The molecule has 0 radical (unpaired) electrons. The van der Waals surface area contributed by atoms with Crippen LogP contribution in [0.3, 0.4) is 0 Å². The maximum absolute atomic E-state index is 12.5. The first-order valence-electron chi connectivity index (χ1n) is 9.85. The smallest absolute Gasteiger partial charge is 0.227 e. The molecule has 2 aliphatic rings. The summed E-state index contributed by atoms with van der Waals surface area (Å²) in [4.78, 5) is 16.6. The number of rotatable bonds is 7. The van der Waals surface area contributed by atoms with Crippen LogP contribution in [0.2, 0.25) is 0 Å². The van der Waals surface area contributed by atoms with Crippen molar-refractivity contribution in [2.75, 3.05) is 45.5 Å². The van der Waals surface area contributed by atoms with E-state index in [0.29, 0.717) is 26.1 Å². The zero-order valence-corrected chi connectivity index (χ0v) is 17.2. The normalized spacial score (nSPS) is 19.3. The Morgan fingerprint density at radius 2 is 1.74 bits per heavy atom. The molecule has 0 unspecified atom stereocenters. The van der Waals surface area contributed by atoms with Crippen LogP contribution in [0.4, 0.5) is 0 Å². The van der Waals surface area contributed by atoms with E-state index < -0.39 is 10.0 Å². The number of amides is 1. The van der Waals surface area contributed by atoms with Crippen molar-refractivity contribution in [3.8, 4) is 0 Å². The van der Waals surface area contributed by atoms with Gasteiger partial charge in [0.05, 0.1) is 18.7 Å². The molecule has 0 aromatic heterocycles. The quantitative estimate of drug-likeness (QED) is 0.704. The lowest BCUT2D eigenvalue weighted by atomic mass is 10.0. The third-order valence-electron chi connectivity index (χ3n) is 5.61. The van der Waals surface area contributed by atoms with Crippen molar-refractivity contribution < 1.29 is 13.2 Å². The van der Waals surface area contributed by atoms with Crippen molar-refractivity contribution in [2.45, 2.75) is 38.6 Å². The number of piperidine rings is 1. The number of likely N-dealkylation sites (tertiary alicyclic amines) is 2. The van der Waals surface area contributed by atoms with Gasteiger partial charge in [0.15, 0.2) is 0 Å². The summed E-state index contributed by atoms with van der Waals surface area (Å²) >= 11 is 0. The summed E-state index contributed by atoms with van der Waals surface area (Å²) < 4.78 is 26.1. The molecule has 2 fully saturated rings. The van der Waals surface area contributed by atoms with Crippen LogP contribution in [-0.4, -0.2) is 80.0 Å². The van der Waals surface area contributed by atoms with Gasteiger partial charge in [-0.2, -0.15) is 4.31 Å². The van der Waals surface area contributed by atoms with E-state index in [4.69, 9.17) is 0 Å². The van der Waals surface area contributed by atoms with E-state index in [9.17, 15) is 13.2 Å². The molecule has 2 saturated heterocycles. The van der Waals surface area contributed by atoms with Crippen LogP contribution < -0.4 is 0 Å². The van der Waals surface area contributed by atoms with Gasteiger partial charge < -0.3 is 9.80 Å². The van der Waals surface area contributed by atoms with E-state index >= 15 is 0 Å². The lowest BCUT2D eigenvalue weighted by Crippen LogP contribution is -2.63. The zero-order chi connectivity index (χ0) is 19.4. The Morgan fingerprint density at radius 3 is 2.33 bits per heavy atom. The van der Waals surface area contributed by atoms with Crippen molar-refractivity contribution in [1.82, 2.24) is 14.1 Å². The maximum Gasteiger partial charge on any atom is 0.227 e. The lowest BCUT2D eigenvalue weighted by Gasteiger charge is -2.44. The summed E-state index contributed by atoms with van der Waals surface area (Å²) in [7, 11) is -3.27. The Bertz CT molecular complexity index is 736.